The van der Waals surface area contributed by atoms with Gasteiger partial charge in [-0.2, -0.15) is 18.4 Å². The number of nitrogens with zero attached hydrogens (tertiary/aromatic N) is 2. The number of hydrogen-bond donors (Lipinski definition) is 1. The minimum absolute atomic E-state index is 0.0108. The van der Waals surface area contributed by atoms with Gasteiger partial charge >= 0.3 is 6.18 Å². The highest BCUT2D eigenvalue weighted by Gasteiger charge is 2.51. The van der Waals surface area contributed by atoms with Crippen molar-refractivity contribution in [1.29, 1.82) is 5.26 Å². The lowest BCUT2D eigenvalue weighted by atomic mass is 9.96. The summed E-state index contributed by atoms with van der Waals surface area (Å²) in [5.41, 5.74) is -3.21. The fraction of sp³-hybridized carbons (Fsp3) is 0.375. The smallest absolute Gasteiger partial charge is 0.376 e. The Balaban J connectivity index is 2.02. The van der Waals surface area contributed by atoms with E-state index in [0.29, 0.717) is 12.6 Å². The average Bonchev–Trinajstić information content (AvgIpc) is 3.32. The summed E-state index contributed by atoms with van der Waals surface area (Å²) in [5, 5.41) is 18.7. The number of alkyl halides is 3. The molecule has 0 saturated heterocycles. The lowest BCUT2D eigenvalue weighted by Gasteiger charge is -2.26. The number of benzene rings is 1. The van der Waals surface area contributed by atoms with Gasteiger partial charge in [-0.3, -0.25) is 0 Å². The predicted octanol–water partition coefficient (Wildman–Crippen LogP) is 3.49. The fourth-order valence-corrected chi connectivity index (χ4v) is 5.24. The van der Waals surface area contributed by atoms with Crippen LogP contribution in [0, 0.1) is 11.3 Å². The first-order valence-corrected chi connectivity index (χ1v) is 9.84. The van der Waals surface area contributed by atoms with Gasteiger partial charge < -0.3 is 5.11 Å². The van der Waals surface area contributed by atoms with E-state index in [-0.39, 0.29) is 20.0 Å². The predicted molar refractivity (Wildman–Crippen MR) is 86.3 cm³/mol. The number of thiazole rings is 1. The van der Waals surface area contributed by atoms with Crippen LogP contribution in [0.2, 0.25) is 0 Å². The van der Waals surface area contributed by atoms with E-state index in [1.165, 1.54) is 0 Å². The van der Waals surface area contributed by atoms with Crippen molar-refractivity contribution in [3.63, 3.8) is 0 Å². The maximum absolute atomic E-state index is 12.9. The van der Waals surface area contributed by atoms with Gasteiger partial charge in [-0.05, 0) is 37.5 Å². The van der Waals surface area contributed by atoms with Gasteiger partial charge in [-0.25, -0.2) is 13.4 Å². The Labute approximate surface area is 151 Å². The molecule has 3 rings (SSSR count). The third-order valence-corrected chi connectivity index (χ3v) is 7.47. The Morgan fingerprint density at radius 3 is 2.31 bits per heavy atom. The van der Waals surface area contributed by atoms with Gasteiger partial charge in [-0.1, -0.05) is 23.5 Å². The number of aliphatic hydroxyl groups is 1. The third-order valence-electron chi connectivity index (χ3n) is 4.20. The molecular formula is C16H13F3N2O3S2. The number of rotatable bonds is 4. The van der Waals surface area contributed by atoms with Crippen LogP contribution in [0.15, 0.2) is 33.4 Å². The Morgan fingerprint density at radius 2 is 1.85 bits per heavy atom. The minimum atomic E-state index is -4.90. The first kappa shape index (κ1) is 18.8. The molecule has 0 spiro atoms. The monoisotopic (exact) mass is 402 g/mol. The molecule has 1 N–H and O–H groups in total. The van der Waals surface area contributed by atoms with E-state index in [9.17, 15) is 26.7 Å². The fourth-order valence-electron chi connectivity index (χ4n) is 2.40. The molecule has 138 valence electrons. The summed E-state index contributed by atoms with van der Waals surface area (Å²) >= 11 is 0.754. The highest BCUT2D eigenvalue weighted by Crippen LogP contribution is 2.45. The third kappa shape index (κ3) is 3.11. The SMILES string of the molecule is CC(O)(c1ccc(S(=O)(=O)c2sc(C#N)nc2C2CC2)cc1)C(F)(F)F. The van der Waals surface area contributed by atoms with Crippen LogP contribution < -0.4 is 0 Å². The topological polar surface area (TPSA) is 91.0 Å². The summed E-state index contributed by atoms with van der Waals surface area (Å²) in [6, 6.07) is 5.73. The number of sulfone groups is 1. The molecule has 0 aliphatic heterocycles. The molecule has 1 atom stereocenters. The van der Waals surface area contributed by atoms with Crippen molar-refractivity contribution in [3.8, 4) is 6.07 Å². The van der Waals surface area contributed by atoms with Gasteiger partial charge in [0.15, 0.2) is 10.6 Å². The van der Waals surface area contributed by atoms with Gasteiger partial charge in [0.1, 0.15) is 10.3 Å². The van der Waals surface area contributed by atoms with Crippen LogP contribution in [-0.4, -0.2) is 24.7 Å². The molecule has 1 aliphatic rings. The van der Waals surface area contributed by atoms with Crippen molar-refractivity contribution in [1.82, 2.24) is 4.98 Å². The molecule has 1 fully saturated rings. The summed E-state index contributed by atoms with van der Waals surface area (Å²) in [7, 11) is -4.02. The highest BCUT2D eigenvalue weighted by molar-refractivity contribution is 7.93. The zero-order valence-corrected chi connectivity index (χ0v) is 15.0. The second kappa shape index (κ2) is 6.04. The Morgan fingerprint density at radius 1 is 1.27 bits per heavy atom. The molecule has 5 nitrogen and oxygen atoms in total. The van der Waals surface area contributed by atoms with Crippen LogP contribution in [0.25, 0.3) is 0 Å². The van der Waals surface area contributed by atoms with Crippen molar-refractivity contribution in [2.45, 2.75) is 46.6 Å². The summed E-state index contributed by atoms with van der Waals surface area (Å²) < 4.78 is 64.4. The number of halogens is 3. The van der Waals surface area contributed by atoms with E-state index in [2.05, 4.69) is 4.98 Å². The summed E-state index contributed by atoms with van der Waals surface area (Å²) in [6.07, 6.45) is -3.33. The maximum atomic E-state index is 12.9. The zero-order valence-electron chi connectivity index (χ0n) is 13.4. The average molecular weight is 402 g/mol. The van der Waals surface area contributed by atoms with Crippen LogP contribution in [-0.2, 0) is 15.4 Å². The standard InChI is InChI=1S/C16H13F3N2O3S2/c1-15(22,16(17,18)19)10-4-6-11(7-5-10)26(23,24)14-13(9-2-3-9)21-12(8-20)25-14/h4-7,9,22H,2-3H2,1H3. The van der Waals surface area contributed by atoms with Crippen molar-refractivity contribution >= 4 is 21.2 Å². The molecule has 1 unspecified atom stereocenters. The van der Waals surface area contributed by atoms with Crippen LogP contribution in [0.4, 0.5) is 13.2 Å². The van der Waals surface area contributed by atoms with E-state index in [4.69, 9.17) is 5.26 Å². The first-order chi connectivity index (χ1) is 12.0. The number of aromatic nitrogens is 1. The van der Waals surface area contributed by atoms with Crippen molar-refractivity contribution in [2.24, 2.45) is 0 Å². The summed E-state index contributed by atoms with van der Waals surface area (Å²) in [4.78, 5) is 3.85. The summed E-state index contributed by atoms with van der Waals surface area (Å²) in [6.45, 7) is 0.601. The molecule has 1 aromatic heterocycles. The van der Waals surface area contributed by atoms with Gasteiger partial charge in [0.25, 0.3) is 0 Å². The van der Waals surface area contributed by atoms with E-state index in [1.54, 1.807) is 0 Å². The van der Waals surface area contributed by atoms with Gasteiger partial charge in [0, 0.05) is 5.92 Å². The zero-order chi connectivity index (χ0) is 19.3. The second-order valence-corrected chi connectivity index (χ2v) is 9.32. The molecule has 26 heavy (non-hydrogen) atoms. The molecular weight excluding hydrogens is 389 g/mol. The van der Waals surface area contributed by atoms with Crippen molar-refractivity contribution < 1.29 is 26.7 Å². The minimum Gasteiger partial charge on any atom is -0.376 e. The van der Waals surface area contributed by atoms with E-state index in [1.807, 2.05) is 6.07 Å². The number of nitriles is 1. The molecule has 0 amide bonds. The van der Waals surface area contributed by atoms with E-state index >= 15 is 0 Å². The van der Waals surface area contributed by atoms with Gasteiger partial charge in [0.2, 0.25) is 9.84 Å². The quantitative estimate of drug-likeness (QED) is 0.845. The molecule has 1 saturated carbocycles. The molecule has 2 aromatic rings. The lowest BCUT2D eigenvalue weighted by Crippen LogP contribution is -2.39. The summed E-state index contributed by atoms with van der Waals surface area (Å²) in [5.74, 6) is -0.0108. The van der Waals surface area contributed by atoms with Gasteiger partial charge in [0.05, 0.1) is 10.6 Å². The first-order valence-electron chi connectivity index (χ1n) is 7.54. The lowest BCUT2D eigenvalue weighted by molar-refractivity contribution is -0.258. The van der Waals surface area contributed by atoms with Crippen LogP contribution in [0.5, 0.6) is 0 Å². The largest absolute Gasteiger partial charge is 0.421 e. The Hall–Kier alpha value is -1.96. The van der Waals surface area contributed by atoms with E-state index in [0.717, 1.165) is 48.4 Å². The Kier molecular flexibility index (Phi) is 4.37. The van der Waals surface area contributed by atoms with Crippen LogP contribution in [0.1, 0.15) is 41.9 Å². The van der Waals surface area contributed by atoms with Crippen molar-refractivity contribution in [2.75, 3.05) is 0 Å². The van der Waals surface area contributed by atoms with Crippen molar-refractivity contribution in [3.05, 3.63) is 40.5 Å². The van der Waals surface area contributed by atoms with E-state index < -0.39 is 27.2 Å². The molecule has 1 aromatic carbocycles. The highest BCUT2D eigenvalue weighted by atomic mass is 32.2. The molecule has 0 radical (unpaired) electrons. The van der Waals surface area contributed by atoms with Crippen LogP contribution in [0.3, 0.4) is 0 Å². The Bertz CT molecular complexity index is 983. The molecule has 10 heteroatoms. The van der Waals surface area contributed by atoms with Gasteiger partial charge in [-0.15, -0.1) is 0 Å². The number of hydrogen-bond acceptors (Lipinski definition) is 6. The molecule has 1 aliphatic carbocycles. The molecule has 0 bridgehead atoms. The maximum Gasteiger partial charge on any atom is 0.421 e. The second-order valence-electron chi connectivity index (χ2n) is 6.18. The molecule has 1 heterocycles. The van der Waals surface area contributed by atoms with Crippen LogP contribution >= 0.6 is 11.3 Å². The normalized spacial score (nSPS) is 17.5.